The molecule has 6 heteroatoms. The number of hydrogen-bond acceptors (Lipinski definition) is 4. The molecule has 0 saturated heterocycles. The van der Waals surface area contributed by atoms with Gasteiger partial charge in [0.1, 0.15) is 5.60 Å². The van der Waals surface area contributed by atoms with Gasteiger partial charge in [-0.3, -0.25) is 4.98 Å². The van der Waals surface area contributed by atoms with Crippen LogP contribution in [0.2, 0.25) is 0 Å². The van der Waals surface area contributed by atoms with E-state index < -0.39 is 11.6 Å². The molecule has 23 heavy (non-hydrogen) atoms. The maximum absolute atomic E-state index is 12.1. The Morgan fingerprint density at radius 2 is 2.00 bits per heavy atom. The van der Waals surface area contributed by atoms with Crippen molar-refractivity contribution < 1.29 is 19.4 Å². The highest BCUT2D eigenvalue weighted by Gasteiger charge is 2.25. The van der Waals surface area contributed by atoms with Crippen LogP contribution in [0, 0.1) is 6.92 Å². The molecule has 2 rings (SSSR count). The number of carbonyl (C=O) groups excluding carboxylic acids is 1. The first-order valence-corrected chi connectivity index (χ1v) is 7.55. The van der Waals surface area contributed by atoms with Gasteiger partial charge in [0.15, 0.2) is 0 Å². The van der Waals surface area contributed by atoms with Gasteiger partial charge in [-0.1, -0.05) is 6.08 Å². The van der Waals surface area contributed by atoms with E-state index in [-0.39, 0.29) is 11.7 Å². The zero-order valence-corrected chi connectivity index (χ0v) is 13.9. The van der Waals surface area contributed by atoms with Gasteiger partial charge >= 0.3 is 12.1 Å². The van der Waals surface area contributed by atoms with Crippen LogP contribution in [0.5, 0.6) is 0 Å². The molecule has 0 bridgehead atoms. The van der Waals surface area contributed by atoms with Crippen LogP contribution in [-0.4, -0.2) is 45.7 Å². The first-order valence-electron chi connectivity index (χ1n) is 7.55. The molecular formula is C17H22N2O4. The van der Waals surface area contributed by atoms with E-state index in [1.807, 2.05) is 33.8 Å². The summed E-state index contributed by atoms with van der Waals surface area (Å²) < 4.78 is 5.35. The second kappa shape index (κ2) is 6.40. The molecule has 6 nitrogen and oxygen atoms in total. The van der Waals surface area contributed by atoms with Gasteiger partial charge in [-0.15, -0.1) is 0 Å². The normalized spacial score (nSPS) is 15.1. The molecule has 0 atom stereocenters. The van der Waals surface area contributed by atoms with E-state index >= 15 is 0 Å². The van der Waals surface area contributed by atoms with Gasteiger partial charge in [-0.05, 0) is 51.8 Å². The summed E-state index contributed by atoms with van der Waals surface area (Å²) in [6, 6.07) is 3.25. The third-order valence-corrected chi connectivity index (χ3v) is 3.43. The summed E-state index contributed by atoms with van der Waals surface area (Å²) in [6.07, 6.45) is 2.04. The molecule has 124 valence electrons. The number of aromatic nitrogens is 1. The highest BCUT2D eigenvalue weighted by molar-refractivity contribution is 5.93. The van der Waals surface area contributed by atoms with Gasteiger partial charge in [-0.2, -0.15) is 0 Å². The van der Waals surface area contributed by atoms with E-state index in [0.29, 0.717) is 25.2 Å². The van der Waals surface area contributed by atoms with E-state index in [0.717, 1.165) is 11.3 Å². The van der Waals surface area contributed by atoms with Crippen LogP contribution in [0.4, 0.5) is 4.79 Å². The number of aryl methyl sites for hydroxylation is 1. The molecule has 0 unspecified atom stereocenters. The third-order valence-electron chi connectivity index (χ3n) is 3.43. The number of nitrogens with zero attached hydrogens (tertiary/aromatic N) is 2. The van der Waals surface area contributed by atoms with Crippen LogP contribution in [0.3, 0.4) is 0 Å². The Hall–Kier alpha value is -2.37. The molecule has 1 aliphatic heterocycles. The largest absolute Gasteiger partial charge is 0.478 e. The zero-order valence-electron chi connectivity index (χ0n) is 13.9. The monoisotopic (exact) mass is 318 g/mol. The summed E-state index contributed by atoms with van der Waals surface area (Å²) in [5.74, 6) is -0.997. The van der Waals surface area contributed by atoms with E-state index in [4.69, 9.17) is 4.74 Å². The van der Waals surface area contributed by atoms with E-state index in [9.17, 15) is 14.7 Å². The second-order valence-electron chi connectivity index (χ2n) is 6.56. The fourth-order valence-electron chi connectivity index (χ4n) is 2.35. The minimum absolute atomic E-state index is 0.188. The Bertz CT molecular complexity index is 659. The van der Waals surface area contributed by atoms with Crippen LogP contribution in [0.15, 0.2) is 18.2 Å². The predicted octanol–water partition coefficient (Wildman–Crippen LogP) is 3.11. The van der Waals surface area contributed by atoms with Gasteiger partial charge in [0.25, 0.3) is 0 Å². The molecule has 0 saturated carbocycles. The highest BCUT2D eigenvalue weighted by atomic mass is 16.6. The number of hydrogen-bond donors (Lipinski definition) is 1. The van der Waals surface area contributed by atoms with Gasteiger partial charge in [0.05, 0.1) is 11.3 Å². The highest BCUT2D eigenvalue weighted by Crippen LogP contribution is 2.25. The van der Waals surface area contributed by atoms with E-state index in [1.165, 1.54) is 0 Å². The van der Waals surface area contributed by atoms with Crippen molar-refractivity contribution >= 4 is 17.6 Å². The lowest BCUT2D eigenvalue weighted by Gasteiger charge is -2.29. The first kappa shape index (κ1) is 17.0. The fourth-order valence-corrected chi connectivity index (χ4v) is 2.35. The van der Waals surface area contributed by atoms with Crippen LogP contribution in [0.25, 0.3) is 5.57 Å². The maximum atomic E-state index is 12.1. The summed E-state index contributed by atoms with van der Waals surface area (Å²) in [6.45, 7) is 8.17. The molecule has 0 radical (unpaired) electrons. The molecule has 1 amide bonds. The van der Waals surface area contributed by atoms with Crippen molar-refractivity contribution in [3.05, 3.63) is 35.2 Å². The lowest BCUT2D eigenvalue weighted by Crippen LogP contribution is -2.39. The summed E-state index contributed by atoms with van der Waals surface area (Å²) in [5, 5.41) is 9.30. The number of carbonyl (C=O) groups is 2. The van der Waals surface area contributed by atoms with Crippen molar-refractivity contribution in [3.63, 3.8) is 0 Å². The summed E-state index contributed by atoms with van der Waals surface area (Å²) in [4.78, 5) is 29.4. The van der Waals surface area contributed by atoms with Crippen LogP contribution in [0.1, 0.15) is 48.9 Å². The Kier molecular flexibility index (Phi) is 4.73. The lowest BCUT2D eigenvalue weighted by atomic mass is 9.99. The van der Waals surface area contributed by atoms with Gasteiger partial charge in [-0.25, -0.2) is 9.59 Å². The van der Waals surface area contributed by atoms with Crippen molar-refractivity contribution in [1.82, 2.24) is 9.88 Å². The van der Waals surface area contributed by atoms with Crippen molar-refractivity contribution in [3.8, 4) is 0 Å². The standard InChI is InChI=1S/C17H22N2O4/c1-11-5-6-13(15(20)21)14(18-11)12-7-9-19(10-8-12)16(22)23-17(2,3)4/h5-7H,8-10H2,1-4H3,(H,20,21). The SMILES string of the molecule is Cc1ccc(C(=O)O)c(C2=CCN(C(=O)OC(C)(C)C)CC2)n1. The Balaban J connectivity index is 2.18. The number of aromatic carboxylic acids is 1. The fraction of sp³-hybridized carbons (Fsp3) is 0.471. The number of pyridine rings is 1. The average molecular weight is 318 g/mol. The van der Waals surface area contributed by atoms with Crippen molar-refractivity contribution in [1.29, 1.82) is 0 Å². The average Bonchev–Trinajstić information content (AvgIpc) is 2.45. The molecule has 0 aliphatic carbocycles. The molecule has 0 spiro atoms. The smallest absolute Gasteiger partial charge is 0.410 e. The molecule has 1 aliphatic rings. The van der Waals surface area contributed by atoms with E-state index in [2.05, 4.69) is 4.98 Å². The van der Waals surface area contributed by atoms with Crippen molar-refractivity contribution in [2.45, 2.75) is 39.7 Å². The number of ether oxygens (including phenoxy) is 1. The van der Waals surface area contributed by atoms with Gasteiger partial charge in [0, 0.05) is 18.8 Å². The third kappa shape index (κ3) is 4.31. The molecule has 0 aromatic carbocycles. The van der Waals surface area contributed by atoms with Crippen LogP contribution >= 0.6 is 0 Å². The zero-order chi connectivity index (χ0) is 17.2. The minimum Gasteiger partial charge on any atom is -0.478 e. The summed E-state index contributed by atoms with van der Waals surface area (Å²) in [7, 11) is 0. The molecule has 1 aromatic heterocycles. The Labute approximate surface area is 135 Å². The molecular weight excluding hydrogens is 296 g/mol. The lowest BCUT2D eigenvalue weighted by molar-refractivity contribution is 0.0270. The van der Waals surface area contributed by atoms with Crippen molar-refractivity contribution in [2.24, 2.45) is 0 Å². The molecule has 0 fully saturated rings. The second-order valence-corrected chi connectivity index (χ2v) is 6.56. The maximum Gasteiger partial charge on any atom is 0.410 e. The van der Waals surface area contributed by atoms with Crippen LogP contribution in [-0.2, 0) is 4.74 Å². The van der Waals surface area contributed by atoms with Crippen LogP contribution < -0.4 is 0 Å². The summed E-state index contributed by atoms with van der Waals surface area (Å²) in [5.41, 5.74) is 1.76. The summed E-state index contributed by atoms with van der Waals surface area (Å²) >= 11 is 0. The Morgan fingerprint density at radius 1 is 1.30 bits per heavy atom. The number of amides is 1. The quantitative estimate of drug-likeness (QED) is 0.906. The predicted molar refractivity (Wildman–Crippen MR) is 86.3 cm³/mol. The van der Waals surface area contributed by atoms with Gasteiger partial charge < -0.3 is 14.7 Å². The van der Waals surface area contributed by atoms with E-state index in [1.54, 1.807) is 17.0 Å². The van der Waals surface area contributed by atoms with Gasteiger partial charge in [0.2, 0.25) is 0 Å². The van der Waals surface area contributed by atoms with Crippen molar-refractivity contribution in [2.75, 3.05) is 13.1 Å². The Morgan fingerprint density at radius 3 is 2.52 bits per heavy atom. The molecule has 2 heterocycles. The number of rotatable bonds is 2. The number of carboxylic acid groups (broad SMARTS) is 1. The minimum atomic E-state index is -0.997. The molecule has 1 aromatic rings. The topological polar surface area (TPSA) is 79.7 Å². The number of carboxylic acids is 1. The first-order chi connectivity index (χ1) is 10.7. The molecule has 1 N–H and O–H groups in total.